The average Bonchev–Trinajstić information content (AvgIpc) is 3.20. The number of imidazole rings is 1. The molecule has 2 aromatic carbocycles. The summed E-state index contributed by atoms with van der Waals surface area (Å²) in [5.74, 6) is 0.0689. The molecule has 34 heavy (non-hydrogen) atoms. The number of hydrogen-bond donors (Lipinski definition) is 1. The number of nitro groups is 1. The monoisotopic (exact) mass is 462 g/mol. The summed E-state index contributed by atoms with van der Waals surface area (Å²) in [5.41, 5.74) is 2.83. The lowest BCUT2D eigenvalue weighted by Crippen LogP contribution is -2.29. The third kappa shape index (κ3) is 4.66. The Morgan fingerprint density at radius 1 is 1.09 bits per heavy atom. The first-order valence-electron chi connectivity index (χ1n) is 11.9. The minimum absolute atomic E-state index is 0.0489. The molecular weight excluding hydrogens is 432 g/mol. The Morgan fingerprint density at radius 3 is 2.59 bits per heavy atom. The third-order valence-corrected chi connectivity index (χ3v) is 6.21. The fourth-order valence-electron chi connectivity index (χ4n) is 4.53. The molecule has 1 atom stereocenters. The first kappa shape index (κ1) is 23.5. The summed E-state index contributed by atoms with van der Waals surface area (Å²) in [6, 6.07) is 13.3. The van der Waals surface area contributed by atoms with Crippen molar-refractivity contribution < 1.29 is 14.5 Å². The van der Waals surface area contributed by atoms with E-state index >= 15 is 0 Å². The summed E-state index contributed by atoms with van der Waals surface area (Å²) in [4.78, 5) is 29.5. The number of unbranched alkanes of at least 4 members (excludes halogenated alkanes) is 5. The molecule has 8 nitrogen and oxygen atoms in total. The van der Waals surface area contributed by atoms with Crippen LogP contribution in [-0.4, -0.2) is 27.1 Å². The number of hydrogen-bond acceptors (Lipinski definition) is 6. The summed E-state index contributed by atoms with van der Waals surface area (Å²) >= 11 is 0. The fourth-order valence-corrected chi connectivity index (χ4v) is 4.53. The predicted octanol–water partition coefficient (Wildman–Crippen LogP) is 6.14. The van der Waals surface area contributed by atoms with Gasteiger partial charge < -0.3 is 10.1 Å². The lowest BCUT2D eigenvalue weighted by molar-refractivity contribution is -0.385. The minimum Gasteiger partial charge on any atom is -0.462 e. The summed E-state index contributed by atoms with van der Waals surface area (Å²) in [5, 5.41) is 15.1. The van der Waals surface area contributed by atoms with E-state index in [1.165, 1.54) is 25.3 Å². The first-order valence-corrected chi connectivity index (χ1v) is 11.9. The van der Waals surface area contributed by atoms with E-state index in [-0.39, 0.29) is 5.69 Å². The highest BCUT2D eigenvalue weighted by Crippen LogP contribution is 2.42. The number of para-hydroxylation sites is 3. The number of rotatable bonds is 10. The molecule has 8 heteroatoms. The largest absolute Gasteiger partial charge is 0.462 e. The Hall–Kier alpha value is -3.68. The van der Waals surface area contributed by atoms with Crippen LogP contribution in [0.2, 0.25) is 0 Å². The zero-order valence-corrected chi connectivity index (χ0v) is 19.6. The van der Waals surface area contributed by atoms with Crippen LogP contribution in [0.5, 0.6) is 0 Å². The maximum atomic E-state index is 13.4. The van der Waals surface area contributed by atoms with Crippen molar-refractivity contribution >= 4 is 28.6 Å². The highest BCUT2D eigenvalue weighted by Gasteiger charge is 2.38. The number of esters is 1. The molecule has 0 unspecified atom stereocenters. The van der Waals surface area contributed by atoms with Crippen LogP contribution in [-0.2, 0) is 9.53 Å². The Labute approximate surface area is 198 Å². The second-order valence-electron chi connectivity index (χ2n) is 8.58. The molecule has 0 aliphatic carbocycles. The summed E-state index contributed by atoms with van der Waals surface area (Å²) < 4.78 is 7.53. The van der Waals surface area contributed by atoms with E-state index in [0.29, 0.717) is 29.4 Å². The van der Waals surface area contributed by atoms with Crippen LogP contribution in [0.25, 0.3) is 11.0 Å². The van der Waals surface area contributed by atoms with Crippen LogP contribution < -0.4 is 5.32 Å². The SMILES string of the molecule is CCCCCCCCOC(=O)C1=C(C)Nc2nc3ccccc3n2[C@H]1c1ccccc1[N+](=O)[O-]. The number of nitrogens with one attached hydrogen (secondary N) is 1. The Kier molecular flexibility index (Phi) is 7.25. The van der Waals surface area contributed by atoms with Gasteiger partial charge in [0.25, 0.3) is 5.69 Å². The van der Waals surface area contributed by atoms with Gasteiger partial charge in [-0.25, -0.2) is 9.78 Å². The maximum Gasteiger partial charge on any atom is 0.338 e. The van der Waals surface area contributed by atoms with E-state index in [4.69, 9.17) is 4.74 Å². The highest BCUT2D eigenvalue weighted by molar-refractivity contribution is 5.94. The summed E-state index contributed by atoms with van der Waals surface area (Å²) in [7, 11) is 0. The van der Waals surface area contributed by atoms with Crippen molar-refractivity contribution in [1.82, 2.24) is 9.55 Å². The number of allylic oxidation sites excluding steroid dienone is 1. The van der Waals surface area contributed by atoms with Crippen LogP contribution in [0.1, 0.15) is 64.0 Å². The van der Waals surface area contributed by atoms with Gasteiger partial charge in [0.15, 0.2) is 0 Å². The second-order valence-corrected chi connectivity index (χ2v) is 8.58. The van der Waals surface area contributed by atoms with Crippen molar-refractivity contribution in [2.24, 2.45) is 0 Å². The molecule has 3 aromatic rings. The molecule has 178 valence electrons. The Balaban J connectivity index is 1.69. The molecule has 1 N–H and O–H groups in total. The molecule has 0 saturated carbocycles. The van der Waals surface area contributed by atoms with E-state index < -0.39 is 16.9 Å². The van der Waals surface area contributed by atoms with Crippen molar-refractivity contribution in [3.05, 3.63) is 75.5 Å². The van der Waals surface area contributed by atoms with E-state index in [2.05, 4.69) is 17.2 Å². The van der Waals surface area contributed by atoms with Gasteiger partial charge >= 0.3 is 5.97 Å². The van der Waals surface area contributed by atoms with Crippen LogP contribution >= 0.6 is 0 Å². The number of carbonyl (C=O) groups excluding carboxylic acids is 1. The zero-order chi connectivity index (χ0) is 24.1. The van der Waals surface area contributed by atoms with Crippen LogP contribution in [0.3, 0.4) is 0 Å². The molecule has 0 amide bonds. The maximum absolute atomic E-state index is 13.4. The number of benzene rings is 2. The fraction of sp³-hybridized carbons (Fsp3) is 0.385. The summed E-state index contributed by atoms with van der Waals surface area (Å²) in [6.07, 6.45) is 6.52. The van der Waals surface area contributed by atoms with E-state index in [1.807, 2.05) is 28.8 Å². The van der Waals surface area contributed by atoms with Crippen LogP contribution in [0.4, 0.5) is 11.6 Å². The number of anilines is 1. The van der Waals surface area contributed by atoms with Crippen molar-refractivity contribution in [3.63, 3.8) is 0 Å². The predicted molar refractivity (Wildman–Crippen MR) is 132 cm³/mol. The standard InChI is InChI=1S/C26H30N4O4/c1-3-4-5-6-7-12-17-34-25(31)23-18(2)27-26-28-20-14-9-11-16-22(20)29(26)24(23)19-13-8-10-15-21(19)30(32)33/h8-11,13-16,24H,3-7,12,17H2,1-2H3,(H,27,28)/t24-/m0/s1. The Bertz CT molecular complexity index is 1230. The molecule has 0 bridgehead atoms. The van der Waals surface area contributed by atoms with Crippen molar-refractivity contribution in [2.75, 3.05) is 11.9 Å². The van der Waals surface area contributed by atoms with Gasteiger partial charge in [-0.05, 0) is 31.5 Å². The van der Waals surface area contributed by atoms with Gasteiger partial charge in [-0.2, -0.15) is 0 Å². The number of fused-ring (bicyclic) bond motifs is 3. The molecule has 0 fully saturated rings. The van der Waals surface area contributed by atoms with Crippen molar-refractivity contribution in [1.29, 1.82) is 0 Å². The van der Waals surface area contributed by atoms with Crippen LogP contribution in [0, 0.1) is 10.1 Å². The second kappa shape index (κ2) is 10.5. The average molecular weight is 463 g/mol. The van der Waals surface area contributed by atoms with E-state index in [9.17, 15) is 14.9 Å². The molecular formula is C26H30N4O4. The van der Waals surface area contributed by atoms with Gasteiger partial charge in [-0.1, -0.05) is 63.3 Å². The molecule has 0 saturated heterocycles. The number of nitrogens with zero attached hydrogens (tertiary/aromatic N) is 3. The van der Waals surface area contributed by atoms with Gasteiger partial charge in [0.1, 0.15) is 6.04 Å². The molecule has 1 aliphatic heterocycles. The molecule has 1 aromatic heterocycles. The lowest BCUT2D eigenvalue weighted by atomic mass is 9.93. The van der Waals surface area contributed by atoms with E-state index in [0.717, 1.165) is 30.3 Å². The zero-order valence-electron chi connectivity index (χ0n) is 19.6. The van der Waals surface area contributed by atoms with Crippen LogP contribution in [0.15, 0.2) is 59.8 Å². The quantitative estimate of drug-likeness (QED) is 0.168. The number of carbonyl (C=O) groups is 1. The molecule has 4 rings (SSSR count). The molecule has 0 radical (unpaired) electrons. The lowest BCUT2D eigenvalue weighted by Gasteiger charge is -2.30. The van der Waals surface area contributed by atoms with Gasteiger partial charge in [-0.3, -0.25) is 14.7 Å². The molecule has 1 aliphatic rings. The van der Waals surface area contributed by atoms with E-state index in [1.54, 1.807) is 25.1 Å². The molecule has 0 spiro atoms. The molecule has 2 heterocycles. The summed E-state index contributed by atoms with van der Waals surface area (Å²) in [6.45, 7) is 4.28. The smallest absolute Gasteiger partial charge is 0.338 e. The topological polar surface area (TPSA) is 99.3 Å². The van der Waals surface area contributed by atoms with Gasteiger partial charge in [0.2, 0.25) is 5.95 Å². The van der Waals surface area contributed by atoms with Gasteiger partial charge in [-0.15, -0.1) is 0 Å². The van der Waals surface area contributed by atoms with Crippen molar-refractivity contribution in [3.8, 4) is 0 Å². The number of ether oxygens (including phenoxy) is 1. The minimum atomic E-state index is -0.734. The third-order valence-electron chi connectivity index (χ3n) is 6.21. The highest BCUT2D eigenvalue weighted by atomic mass is 16.6. The van der Waals surface area contributed by atoms with Crippen molar-refractivity contribution in [2.45, 2.75) is 58.4 Å². The Morgan fingerprint density at radius 2 is 1.79 bits per heavy atom. The number of nitro benzene ring substituents is 1. The van der Waals surface area contributed by atoms with Gasteiger partial charge in [0.05, 0.1) is 33.7 Å². The number of aromatic nitrogens is 2. The first-order chi connectivity index (χ1) is 16.5. The van der Waals surface area contributed by atoms with Gasteiger partial charge in [0, 0.05) is 11.8 Å². The normalized spacial score (nSPS) is 15.2.